The quantitative estimate of drug-likeness (QED) is 0.548. The molecule has 3 N–H and O–H groups in total. The van der Waals surface area contributed by atoms with Gasteiger partial charge in [-0.1, -0.05) is 6.92 Å². The van der Waals surface area contributed by atoms with Gasteiger partial charge in [-0.2, -0.15) is 0 Å². The van der Waals surface area contributed by atoms with E-state index in [4.69, 9.17) is 5.11 Å². The first-order valence-corrected chi connectivity index (χ1v) is 5.50. The summed E-state index contributed by atoms with van der Waals surface area (Å²) in [6.07, 6.45) is 0.933. The van der Waals surface area contributed by atoms with Crippen molar-refractivity contribution in [3.63, 3.8) is 0 Å². The van der Waals surface area contributed by atoms with Crippen molar-refractivity contribution in [2.45, 2.75) is 31.9 Å². The number of β-amino-alcohol motifs (C(OH)–C–C–N with tert-alkyl or cyclic N) is 1. The van der Waals surface area contributed by atoms with Crippen molar-refractivity contribution in [2.75, 3.05) is 26.2 Å². The summed E-state index contributed by atoms with van der Waals surface area (Å²) in [5, 5.41) is 21.1. The highest BCUT2D eigenvalue weighted by Gasteiger charge is 2.30. The first-order valence-electron chi connectivity index (χ1n) is 5.50. The molecule has 0 aromatic heterocycles. The summed E-state index contributed by atoms with van der Waals surface area (Å²) >= 11 is 0. The largest absolute Gasteiger partial charge is 0.395 e. The number of carbonyl (C=O) groups excluding carboxylic acids is 1. The van der Waals surface area contributed by atoms with E-state index in [0.29, 0.717) is 26.1 Å². The fourth-order valence-corrected chi connectivity index (χ4v) is 1.85. The first-order chi connectivity index (χ1) is 7.19. The highest BCUT2D eigenvalue weighted by atomic mass is 16.3. The van der Waals surface area contributed by atoms with Gasteiger partial charge in [0, 0.05) is 19.6 Å². The molecule has 1 heterocycles. The fraction of sp³-hybridized carbons (Fsp3) is 0.900. The maximum atomic E-state index is 11.9. The van der Waals surface area contributed by atoms with Gasteiger partial charge < -0.3 is 20.4 Å². The minimum atomic E-state index is -0.420. The highest BCUT2D eigenvalue weighted by molar-refractivity contribution is 5.82. The lowest BCUT2D eigenvalue weighted by molar-refractivity contribution is -0.133. The molecule has 0 aromatic carbocycles. The van der Waals surface area contributed by atoms with Gasteiger partial charge >= 0.3 is 0 Å². The average molecular weight is 216 g/mol. The molecule has 2 unspecified atom stereocenters. The second-order valence-electron chi connectivity index (χ2n) is 3.90. The summed E-state index contributed by atoms with van der Waals surface area (Å²) in [4.78, 5) is 13.6. The number of hydrogen-bond acceptors (Lipinski definition) is 4. The molecule has 0 aliphatic carbocycles. The van der Waals surface area contributed by atoms with Gasteiger partial charge in [0.1, 0.15) is 0 Å². The number of rotatable bonds is 5. The van der Waals surface area contributed by atoms with Crippen LogP contribution in [0.15, 0.2) is 0 Å². The molecular formula is C10H20N2O3. The molecule has 0 bridgehead atoms. The van der Waals surface area contributed by atoms with Crippen LogP contribution in [0.3, 0.4) is 0 Å². The Hall–Kier alpha value is -0.650. The molecular weight excluding hydrogens is 196 g/mol. The number of amides is 1. The smallest absolute Gasteiger partial charge is 0.239 e. The van der Waals surface area contributed by atoms with E-state index in [9.17, 15) is 9.90 Å². The Labute approximate surface area is 90.1 Å². The molecule has 0 radical (unpaired) electrons. The Morgan fingerprint density at radius 1 is 1.53 bits per heavy atom. The van der Waals surface area contributed by atoms with E-state index in [-0.39, 0.29) is 18.6 Å². The molecule has 0 saturated carbocycles. The topological polar surface area (TPSA) is 72.8 Å². The number of aliphatic hydroxyl groups is 2. The minimum absolute atomic E-state index is 0.0116. The van der Waals surface area contributed by atoms with Gasteiger partial charge in [-0.25, -0.2) is 0 Å². The standard InChI is InChI=1S/C10H20N2O3/c1-2-3-12(4-5-13)10(15)9-6-8(14)7-11-9/h8-9,11,13-14H,2-7H2,1H3. The highest BCUT2D eigenvalue weighted by Crippen LogP contribution is 2.09. The zero-order valence-electron chi connectivity index (χ0n) is 9.15. The monoisotopic (exact) mass is 216 g/mol. The Morgan fingerprint density at radius 3 is 2.73 bits per heavy atom. The summed E-state index contributed by atoms with van der Waals surface area (Å²) in [6, 6.07) is -0.280. The van der Waals surface area contributed by atoms with Crippen LogP contribution >= 0.6 is 0 Å². The zero-order valence-corrected chi connectivity index (χ0v) is 9.15. The normalized spacial score (nSPS) is 25.5. The van der Waals surface area contributed by atoms with Crippen LogP contribution in [0.25, 0.3) is 0 Å². The van der Waals surface area contributed by atoms with Crippen LogP contribution < -0.4 is 5.32 Å². The Kier molecular flexibility index (Phi) is 5.01. The van der Waals surface area contributed by atoms with Gasteiger partial charge in [0.25, 0.3) is 0 Å². The van der Waals surface area contributed by atoms with E-state index >= 15 is 0 Å². The Bertz CT molecular complexity index is 205. The Balaban J connectivity index is 2.47. The van der Waals surface area contributed by atoms with Crippen molar-refractivity contribution in [3.05, 3.63) is 0 Å². The third-order valence-electron chi connectivity index (χ3n) is 2.58. The first kappa shape index (κ1) is 12.4. The maximum Gasteiger partial charge on any atom is 0.239 e. The lowest BCUT2D eigenvalue weighted by Gasteiger charge is -2.24. The van der Waals surface area contributed by atoms with E-state index in [0.717, 1.165) is 6.42 Å². The predicted molar refractivity (Wildman–Crippen MR) is 56.4 cm³/mol. The molecule has 1 fully saturated rings. The molecule has 1 amide bonds. The molecule has 1 aliphatic rings. The Morgan fingerprint density at radius 2 is 2.27 bits per heavy atom. The number of carbonyl (C=O) groups is 1. The summed E-state index contributed by atoms with van der Waals surface area (Å²) in [5.41, 5.74) is 0. The van der Waals surface area contributed by atoms with E-state index < -0.39 is 6.10 Å². The SMILES string of the molecule is CCCN(CCO)C(=O)C1CC(O)CN1. The summed E-state index contributed by atoms with van der Waals surface area (Å²) < 4.78 is 0. The van der Waals surface area contributed by atoms with Crippen LogP contribution in [0, 0.1) is 0 Å². The molecule has 1 aliphatic heterocycles. The van der Waals surface area contributed by atoms with Crippen molar-refractivity contribution in [1.82, 2.24) is 10.2 Å². The molecule has 0 aromatic rings. The van der Waals surface area contributed by atoms with E-state index in [1.165, 1.54) is 0 Å². The number of nitrogens with one attached hydrogen (secondary N) is 1. The second-order valence-corrected chi connectivity index (χ2v) is 3.90. The molecule has 5 nitrogen and oxygen atoms in total. The van der Waals surface area contributed by atoms with Crippen LogP contribution in [0.4, 0.5) is 0 Å². The van der Waals surface area contributed by atoms with Gasteiger partial charge in [0.2, 0.25) is 5.91 Å². The van der Waals surface area contributed by atoms with Gasteiger partial charge in [-0.15, -0.1) is 0 Å². The number of hydrogen-bond donors (Lipinski definition) is 3. The summed E-state index contributed by atoms with van der Waals surface area (Å²) in [6.45, 7) is 3.50. The molecule has 0 spiro atoms. The van der Waals surface area contributed by atoms with Crippen molar-refractivity contribution in [1.29, 1.82) is 0 Å². The van der Waals surface area contributed by atoms with Crippen LogP contribution in [0.2, 0.25) is 0 Å². The van der Waals surface area contributed by atoms with Crippen molar-refractivity contribution < 1.29 is 15.0 Å². The second kappa shape index (κ2) is 6.05. The van der Waals surface area contributed by atoms with Crippen LogP contribution in [0.1, 0.15) is 19.8 Å². The van der Waals surface area contributed by atoms with Crippen molar-refractivity contribution in [2.24, 2.45) is 0 Å². The lowest BCUT2D eigenvalue weighted by Crippen LogP contribution is -2.45. The third kappa shape index (κ3) is 3.44. The lowest BCUT2D eigenvalue weighted by atomic mass is 10.1. The zero-order chi connectivity index (χ0) is 11.3. The van der Waals surface area contributed by atoms with E-state index in [1.807, 2.05) is 6.92 Å². The number of nitrogens with zero attached hydrogens (tertiary/aromatic N) is 1. The average Bonchev–Trinajstić information content (AvgIpc) is 2.63. The molecule has 1 rings (SSSR count). The van der Waals surface area contributed by atoms with Crippen molar-refractivity contribution in [3.8, 4) is 0 Å². The van der Waals surface area contributed by atoms with Gasteiger partial charge in [0.05, 0.1) is 18.8 Å². The van der Waals surface area contributed by atoms with Crippen molar-refractivity contribution >= 4 is 5.91 Å². The van der Waals surface area contributed by atoms with Crippen LogP contribution in [-0.4, -0.2) is 59.4 Å². The van der Waals surface area contributed by atoms with Gasteiger partial charge in [-0.3, -0.25) is 4.79 Å². The molecule has 2 atom stereocenters. The van der Waals surface area contributed by atoms with Gasteiger partial charge in [0.15, 0.2) is 0 Å². The van der Waals surface area contributed by atoms with Gasteiger partial charge in [-0.05, 0) is 12.8 Å². The minimum Gasteiger partial charge on any atom is -0.395 e. The van der Waals surface area contributed by atoms with Crippen LogP contribution in [0.5, 0.6) is 0 Å². The summed E-state index contributed by atoms with van der Waals surface area (Å²) in [5.74, 6) is -0.0116. The molecule has 15 heavy (non-hydrogen) atoms. The van der Waals surface area contributed by atoms with Crippen LogP contribution in [-0.2, 0) is 4.79 Å². The summed E-state index contributed by atoms with van der Waals surface area (Å²) in [7, 11) is 0. The molecule has 1 saturated heterocycles. The third-order valence-corrected chi connectivity index (χ3v) is 2.58. The van der Waals surface area contributed by atoms with E-state index in [2.05, 4.69) is 5.32 Å². The number of aliphatic hydroxyl groups excluding tert-OH is 2. The predicted octanol–water partition coefficient (Wildman–Crippen LogP) is -1.06. The fourth-order valence-electron chi connectivity index (χ4n) is 1.85. The molecule has 5 heteroatoms. The maximum absolute atomic E-state index is 11.9. The molecule has 88 valence electrons. The van der Waals surface area contributed by atoms with E-state index in [1.54, 1.807) is 4.90 Å².